The van der Waals surface area contributed by atoms with Crippen molar-refractivity contribution in [1.29, 1.82) is 0 Å². The summed E-state index contributed by atoms with van der Waals surface area (Å²) in [6.45, 7) is 1.94. The standard InChI is InChI=1S/C15H15NO3/c1-12-7-5-6-10-14(12)16(18)15(17)19-11-13-8-3-2-4-9-13/h2-10,18H,11H2,1H3. The third-order valence-corrected chi connectivity index (χ3v) is 2.72. The molecule has 0 fully saturated rings. The molecule has 1 amide bonds. The van der Waals surface area contributed by atoms with Gasteiger partial charge in [-0.2, -0.15) is 5.06 Å². The van der Waals surface area contributed by atoms with Crippen molar-refractivity contribution in [2.24, 2.45) is 0 Å². The lowest BCUT2D eigenvalue weighted by Crippen LogP contribution is -2.28. The number of benzene rings is 2. The molecule has 2 rings (SSSR count). The summed E-state index contributed by atoms with van der Waals surface area (Å²) in [5, 5.41) is 10.3. The van der Waals surface area contributed by atoms with E-state index in [0.29, 0.717) is 10.8 Å². The topological polar surface area (TPSA) is 49.8 Å². The smallest absolute Gasteiger partial charge is 0.438 e. The number of nitrogens with zero attached hydrogens (tertiary/aromatic N) is 1. The SMILES string of the molecule is Cc1ccccc1N(O)C(=O)OCc1ccccc1. The van der Waals surface area contributed by atoms with Gasteiger partial charge in [-0.15, -0.1) is 0 Å². The number of para-hydroxylation sites is 1. The molecule has 4 nitrogen and oxygen atoms in total. The Kier molecular flexibility index (Phi) is 4.15. The number of anilines is 1. The fourth-order valence-electron chi connectivity index (χ4n) is 1.68. The van der Waals surface area contributed by atoms with E-state index in [4.69, 9.17) is 4.74 Å². The molecule has 98 valence electrons. The van der Waals surface area contributed by atoms with Crippen molar-refractivity contribution in [1.82, 2.24) is 0 Å². The van der Waals surface area contributed by atoms with Crippen molar-refractivity contribution in [2.45, 2.75) is 13.5 Å². The molecule has 0 aliphatic rings. The van der Waals surface area contributed by atoms with E-state index in [1.54, 1.807) is 12.1 Å². The molecule has 2 aromatic rings. The second kappa shape index (κ2) is 6.02. The lowest BCUT2D eigenvalue weighted by atomic mass is 10.2. The van der Waals surface area contributed by atoms with Crippen molar-refractivity contribution in [3.05, 3.63) is 65.7 Å². The molecule has 0 aliphatic heterocycles. The van der Waals surface area contributed by atoms with Crippen LogP contribution >= 0.6 is 0 Å². The maximum absolute atomic E-state index is 11.7. The van der Waals surface area contributed by atoms with E-state index in [-0.39, 0.29) is 6.61 Å². The molecule has 0 saturated carbocycles. The Hall–Kier alpha value is -2.33. The fourth-order valence-corrected chi connectivity index (χ4v) is 1.68. The minimum atomic E-state index is -0.793. The van der Waals surface area contributed by atoms with E-state index in [1.807, 2.05) is 49.4 Å². The molecule has 0 aromatic heterocycles. The van der Waals surface area contributed by atoms with E-state index >= 15 is 0 Å². The Labute approximate surface area is 111 Å². The molecule has 19 heavy (non-hydrogen) atoms. The van der Waals surface area contributed by atoms with Crippen molar-refractivity contribution in [2.75, 3.05) is 5.06 Å². The van der Waals surface area contributed by atoms with Gasteiger partial charge in [0.25, 0.3) is 0 Å². The Morgan fingerprint density at radius 3 is 2.42 bits per heavy atom. The van der Waals surface area contributed by atoms with E-state index in [1.165, 1.54) is 0 Å². The molecular formula is C15H15NO3. The zero-order chi connectivity index (χ0) is 13.7. The van der Waals surface area contributed by atoms with Crippen LogP contribution in [0.5, 0.6) is 0 Å². The van der Waals surface area contributed by atoms with Crippen LogP contribution in [0.3, 0.4) is 0 Å². The molecule has 0 saturated heterocycles. The molecule has 0 bridgehead atoms. The molecule has 0 radical (unpaired) electrons. The normalized spacial score (nSPS) is 10.0. The average molecular weight is 257 g/mol. The van der Waals surface area contributed by atoms with Crippen molar-refractivity contribution >= 4 is 11.8 Å². The number of ether oxygens (including phenoxy) is 1. The molecule has 2 aromatic carbocycles. The summed E-state index contributed by atoms with van der Waals surface area (Å²) < 4.78 is 5.04. The molecule has 0 atom stereocenters. The van der Waals surface area contributed by atoms with Gasteiger partial charge in [-0.05, 0) is 24.1 Å². The first kappa shape index (κ1) is 13.1. The van der Waals surface area contributed by atoms with Crippen LogP contribution in [0, 0.1) is 6.92 Å². The van der Waals surface area contributed by atoms with Gasteiger partial charge < -0.3 is 4.74 Å². The van der Waals surface area contributed by atoms with Gasteiger partial charge in [0, 0.05) is 0 Å². The molecule has 0 aliphatic carbocycles. The molecule has 1 N–H and O–H groups in total. The third-order valence-electron chi connectivity index (χ3n) is 2.72. The number of hydrogen-bond donors (Lipinski definition) is 1. The predicted octanol–water partition coefficient (Wildman–Crippen LogP) is 3.53. The monoisotopic (exact) mass is 257 g/mol. The molecule has 0 spiro atoms. The van der Waals surface area contributed by atoms with Gasteiger partial charge in [-0.25, -0.2) is 4.79 Å². The van der Waals surface area contributed by atoms with Gasteiger partial charge in [-0.1, -0.05) is 48.5 Å². The first-order valence-corrected chi connectivity index (χ1v) is 5.94. The van der Waals surface area contributed by atoms with Crippen LogP contribution in [0.15, 0.2) is 54.6 Å². The van der Waals surface area contributed by atoms with Gasteiger partial charge in [0.05, 0.1) is 5.69 Å². The summed E-state index contributed by atoms with van der Waals surface area (Å²) in [6.07, 6.45) is -0.793. The van der Waals surface area contributed by atoms with Crippen LogP contribution in [-0.2, 0) is 11.3 Å². The zero-order valence-corrected chi connectivity index (χ0v) is 10.6. The van der Waals surface area contributed by atoms with Crippen LogP contribution in [0.2, 0.25) is 0 Å². The quantitative estimate of drug-likeness (QED) is 0.676. The predicted molar refractivity (Wildman–Crippen MR) is 72.1 cm³/mol. The summed E-state index contributed by atoms with van der Waals surface area (Å²) in [7, 11) is 0. The first-order valence-electron chi connectivity index (χ1n) is 5.94. The van der Waals surface area contributed by atoms with Gasteiger partial charge in [0.2, 0.25) is 0 Å². The third kappa shape index (κ3) is 3.33. The summed E-state index contributed by atoms with van der Waals surface area (Å²) >= 11 is 0. The molecule has 4 heteroatoms. The van der Waals surface area contributed by atoms with Crippen LogP contribution in [0.4, 0.5) is 10.5 Å². The van der Waals surface area contributed by atoms with E-state index in [2.05, 4.69) is 0 Å². The maximum Gasteiger partial charge on any atom is 0.438 e. The maximum atomic E-state index is 11.7. The number of carbonyl (C=O) groups is 1. The van der Waals surface area contributed by atoms with Crippen LogP contribution < -0.4 is 5.06 Å². The number of hydroxylamine groups is 1. The van der Waals surface area contributed by atoms with Gasteiger partial charge in [0.15, 0.2) is 0 Å². The van der Waals surface area contributed by atoms with E-state index in [9.17, 15) is 10.0 Å². The number of aryl methyl sites for hydroxylation is 1. The summed E-state index contributed by atoms with van der Waals surface area (Å²) in [5.41, 5.74) is 2.08. The fraction of sp³-hybridized carbons (Fsp3) is 0.133. The first-order chi connectivity index (χ1) is 9.18. The van der Waals surface area contributed by atoms with Crippen LogP contribution in [-0.4, -0.2) is 11.3 Å². The Bertz CT molecular complexity index is 554. The highest BCUT2D eigenvalue weighted by Crippen LogP contribution is 2.18. The molecule has 0 heterocycles. The Morgan fingerprint density at radius 1 is 1.11 bits per heavy atom. The molecule has 0 unspecified atom stereocenters. The number of hydrogen-bond acceptors (Lipinski definition) is 3. The second-order valence-corrected chi connectivity index (χ2v) is 4.14. The lowest BCUT2D eigenvalue weighted by Gasteiger charge is -2.16. The van der Waals surface area contributed by atoms with Crippen LogP contribution in [0.1, 0.15) is 11.1 Å². The zero-order valence-electron chi connectivity index (χ0n) is 10.6. The highest BCUT2D eigenvalue weighted by molar-refractivity contribution is 5.85. The Morgan fingerprint density at radius 2 is 1.74 bits per heavy atom. The lowest BCUT2D eigenvalue weighted by molar-refractivity contribution is 0.114. The average Bonchev–Trinajstić information content (AvgIpc) is 2.45. The van der Waals surface area contributed by atoms with E-state index in [0.717, 1.165) is 11.1 Å². The highest BCUT2D eigenvalue weighted by Gasteiger charge is 2.16. The van der Waals surface area contributed by atoms with Crippen molar-refractivity contribution < 1.29 is 14.7 Å². The Balaban J connectivity index is 1.99. The number of carbonyl (C=O) groups excluding carboxylic acids is 1. The van der Waals surface area contributed by atoms with Crippen molar-refractivity contribution in [3.8, 4) is 0 Å². The van der Waals surface area contributed by atoms with Crippen molar-refractivity contribution in [3.63, 3.8) is 0 Å². The molecular weight excluding hydrogens is 242 g/mol. The minimum absolute atomic E-state index is 0.128. The largest absolute Gasteiger partial charge is 0.443 e. The van der Waals surface area contributed by atoms with Gasteiger partial charge in [-0.3, -0.25) is 5.21 Å². The van der Waals surface area contributed by atoms with Gasteiger partial charge >= 0.3 is 6.09 Å². The van der Waals surface area contributed by atoms with E-state index < -0.39 is 6.09 Å². The summed E-state index contributed by atoms with van der Waals surface area (Å²) in [4.78, 5) is 11.7. The number of amides is 1. The summed E-state index contributed by atoms with van der Waals surface area (Å²) in [5.74, 6) is 0. The van der Waals surface area contributed by atoms with Gasteiger partial charge in [0.1, 0.15) is 6.61 Å². The second-order valence-electron chi connectivity index (χ2n) is 4.14. The summed E-state index contributed by atoms with van der Waals surface area (Å²) in [6, 6.07) is 16.4. The minimum Gasteiger partial charge on any atom is -0.443 e. The number of rotatable bonds is 3. The highest BCUT2D eigenvalue weighted by atomic mass is 16.6. The van der Waals surface area contributed by atoms with Crippen LogP contribution in [0.25, 0.3) is 0 Å².